The predicted octanol–water partition coefficient (Wildman–Crippen LogP) is 5.90. The zero-order chi connectivity index (χ0) is 21.8. The topological polar surface area (TPSA) is 72.2 Å². The Kier molecular flexibility index (Phi) is 6.25. The van der Waals surface area contributed by atoms with Gasteiger partial charge in [-0.15, -0.1) is 0 Å². The third-order valence-corrected chi connectivity index (χ3v) is 7.10. The Labute approximate surface area is 190 Å². The lowest BCUT2D eigenvalue weighted by molar-refractivity contribution is 0.576. The third kappa shape index (κ3) is 4.73. The molecule has 0 saturated heterocycles. The van der Waals surface area contributed by atoms with Crippen LogP contribution in [0.2, 0.25) is 0 Å². The van der Waals surface area contributed by atoms with Crippen molar-refractivity contribution in [2.24, 2.45) is 0 Å². The van der Waals surface area contributed by atoms with Crippen LogP contribution in [0.5, 0.6) is 0 Å². The Morgan fingerprint density at radius 1 is 0.935 bits per heavy atom. The van der Waals surface area contributed by atoms with Gasteiger partial charge in [-0.2, -0.15) is 4.98 Å². The van der Waals surface area contributed by atoms with E-state index in [4.69, 9.17) is 4.42 Å². The standard InChI is InChI=1S/C24H21BrN2O3S/c1-17-7-5-6-10-21(17)22-27-24(31(28,29)20-13-11-19(25)12-14-20)23(30-22)26-16-15-18-8-3-2-4-9-18/h2-14,26H,15-16H2,1H3. The van der Waals surface area contributed by atoms with Gasteiger partial charge in [-0.25, -0.2) is 8.42 Å². The molecule has 4 rings (SSSR count). The summed E-state index contributed by atoms with van der Waals surface area (Å²) >= 11 is 3.34. The Balaban J connectivity index is 1.71. The number of anilines is 1. The quantitative estimate of drug-likeness (QED) is 0.344. The molecule has 5 nitrogen and oxygen atoms in total. The molecule has 0 saturated carbocycles. The largest absolute Gasteiger partial charge is 0.419 e. The van der Waals surface area contributed by atoms with Crippen LogP contribution in [0.4, 0.5) is 5.88 Å². The van der Waals surface area contributed by atoms with E-state index in [0.29, 0.717) is 6.54 Å². The van der Waals surface area contributed by atoms with E-state index in [0.717, 1.165) is 27.6 Å². The normalized spacial score (nSPS) is 11.4. The Morgan fingerprint density at radius 2 is 1.61 bits per heavy atom. The SMILES string of the molecule is Cc1ccccc1-c1nc(S(=O)(=O)c2ccc(Br)cc2)c(NCCc2ccccc2)o1. The number of benzene rings is 3. The third-order valence-electron chi connectivity index (χ3n) is 4.89. The highest BCUT2D eigenvalue weighted by Gasteiger charge is 2.28. The van der Waals surface area contributed by atoms with Crippen molar-refractivity contribution in [2.75, 3.05) is 11.9 Å². The van der Waals surface area contributed by atoms with E-state index < -0.39 is 9.84 Å². The maximum Gasteiger partial charge on any atom is 0.233 e. The zero-order valence-corrected chi connectivity index (χ0v) is 19.3. The molecular formula is C24H21BrN2O3S. The average molecular weight is 497 g/mol. The van der Waals surface area contributed by atoms with Gasteiger partial charge in [0.05, 0.1) is 4.90 Å². The highest BCUT2D eigenvalue weighted by Crippen LogP contribution is 2.33. The minimum atomic E-state index is -3.87. The number of halogens is 1. The van der Waals surface area contributed by atoms with Crippen LogP contribution in [0.15, 0.2) is 97.7 Å². The second kappa shape index (κ2) is 9.08. The number of nitrogens with zero attached hydrogens (tertiary/aromatic N) is 1. The van der Waals surface area contributed by atoms with Crippen molar-refractivity contribution in [3.8, 4) is 11.5 Å². The van der Waals surface area contributed by atoms with Gasteiger partial charge in [0.2, 0.25) is 26.6 Å². The number of hydrogen-bond donors (Lipinski definition) is 1. The van der Waals surface area contributed by atoms with E-state index in [2.05, 4.69) is 26.2 Å². The summed E-state index contributed by atoms with van der Waals surface area (Å²) in [5, 5.41) is 3.03. The van der Waals surface area contributed by atoms with Gasteiger partial charge in [0, 0.05) is 16.6 Å². The van der Waals surface area contributed by atoms with Gasteiger partial charge in [0.15, 0.2) is 0 Å². The maximum absolute atomic E-state index is 13.4. The van der Waals surface area contributed by atoms with Crippen LogP contribution in [0.25, 0.3) is 11.5 Å². The summed E-state index contributed by atoms with van der Waals surface area (Å²) in [6, 6.07) is 24.0. The van der Waals surface area contributed by atoms with Gasteiger partial charge in [0.1, 0.15) is 0 Å². The molecule has 158 valence electrons. The number of aryl methyl sites for hydroxylation is 1. The van der Waals surface area contributed by atoms with Gasteiger partial charge < -0.3 is 9.73 Å². The van der Waals surface area contributed by atoms with Crippen LogP contribution >= 0.6 is 15.9 Å². The first kappa shape index (κ1) is 21.3. The summed E-state index contributed by atoms with van der Waals surface area (Å²) in [5.74, 6) is 0.424. The van der Waals surface area contributed by atoms with Crippen LogP contribution in [-0.4, -0.2) is 19.9 Å². The average Bonchev–Trinajstić information content (AvgIpc) is 3.20. The first-order valence-corrected chi connectivity index (χ1v) is 12.1. The number of rotatable bonds is 7. The van der Waals surface area contributed by atoms with Crippen molar-refractivity contribution >= 4 is 31.7 Å². The number of hydrogen-bond acceptors (Lipinski definition) is 5. The second-order valence-corrected chi connectivity index (χ2v) is 9.87. The molecule has 3 aromatic carbocycles. The summed E-state index contributed by atoms with van der Waals surface area (Å²) in [7, 11) is -3.87. The fourth-order valence-corrected chi connectivity index (χ4v) is 4.76. The highest BCUT2D eigenvalue weighted by molar-refractivity contribution is 9.10. The van der Waals surface area contributed by atoms with E-state index in [1.165, 1.54) is 0 Å². The van der Waals surface area contributed by atoms with Crippen molar-refractivity contribution in [1.29, 1.82) is 0 Å². The van der Waals surface area contributed by atoms with Crippen molar-refractivity contribution in [3.05, 3.63) is 94.5 Å². The summed E-state index contributed by atoms with van der Waals surface area (Å²) in [6.07, 6.45) is 0.721. The van der Waals surface area contributed by atoms with E-state index in [-0.39, 0.29) is 21.7 Å². The van der Waals surface area contributed by atoms with Gasteiger partial charge in [-0.05, 0) is 54.8 Å². The summed E-state index contributed by atoms with van der Waals surface area (Å²) < 4.78 is 33.4. The lowest BCUT2D eigenvalue weighted by Gasteiger charge is -2.06. The summed E-state index contributed by atoms with van der Waals surface area (Å²) in [6.45, 7) is 2.44. The molecule has 7 heteroatoms. The molecule has 0 unspecified atom stereocenters. The van der Waals surface area contributed by atoms with Crippen molar-refractivity contribution in [2.45, 2.75) is 23.3 Å². The Hall–Kier alpha value is -2.90. The van der Waals surface area contributed by atoms with E-state index in [1.807, 2.05) is 61.5 Å². The molecule has 1 N–H and O–H groups in total. The van der Waals surface area contributed by atoms with Crippen LogP contribution in [0.3, 0.4) is 0 Å². The lowest BCUT2D eigenvalue weighted by Crippen LogP contribution is -2.09. The molecule has 0 fully saturated rings. The molecule has 31 heavy (non-hydrogen) atoms. The highest BCUT2D eigenvalue weighted by atomic mass is 79.9. The molecule has 0 bridgehead atoms. The van der Waals surface area contributed by atoms with Crippen molar-refractivity contribution in [3.63, 3.8) is 0 Å². The van der Waals surface area contributed by atoms with Gasteiger partial charge in [-0.3, -0.25) is 0 Å². The fraction of sp³-hybridized carbons (Fsp3) is 0.125. The predicted molar refractivity (Wildman–Crippen MR) is 125 cm³/mol. The number of sulfone groups is 1. The first-order valence-electron chi connectivity index (χ1n) is 9.80. The zero-order valence-electron chi connectivity index (χ0n) is 16.9. The maximum atomic E-state index is 13.4. The molecule has 0 spiro atoms. The smallest absolute Gasteiger partial charge is 0.233 e. The molecular weight excluding hydrogens is 476 g/mol. The minimum absolute atomic E-state index is 0.110. The molecule has 4 aromatic rings. The van der Waals surface area contributed by atoms with E-state index >= 15 is 0 Å². The Morgan fingerprint density at radius 3 is 2.32 bits per heavy atom. The van der Waals surface area contributed by atoms with Crippen molar-refractivity contribution < 1.29 is 12.8 Å². The Bertz CT molecular complexity index is 1280. The fourth-order valence-electron chi connectivity index (χ4n) is 3.22. The van der Waals surface area contributed by atoms with Crippen LogP contribution in [0, 0.1) is 6.92 Å². The second-order valence-electron chi connectivity index (χ2n) is 7.09. The van der Waals surface area contributed by atoms with Gasteiger partial charge >= 0.3 is 0 Å². The van der Waals surface area contributed by atoms with Crippen LogP contribution < -0.4 is 5.32 Å². The molecule has 0 aliphatic heterocycles. The molecule has 0 atom stereocenters. The summed E-state index contributed by atoms with van der Waals surface area (Å²) in [4.78, 5) is 4.57. The van der Waals surface area contributed by atoms with E-state index in [9.17, 15) is 8.42 Å². The summed E-state index contributed by atoms with van der Waals surface area (Å²) in [5.41, 5.74) is 2.85. The molecule has 0 amide bonds. The van der Waals surface area contributed by atoms with Crippen LogP contribution in [0.1, 0.15) is 11.1 Å². The number of oxazole rings is 1. The molecule has 0 radical (unpaired) electrons. The first-order chi connectivity index (χ1) is 14.9. The van der Waals surface area contributed by atoms with Gasteiger partial charge in [-0.1, -0.05) is 64.5 Å². The van der Waals surface area contributed by atoms with Gasteiger partial charge in [0.25, 0.3) is 0 Å². The monoisotopic (exact) mass is 496 g/mol. The number of aromatic nitrogens is 1. The van der Waals surface area contributed by atoms with E-state index in [1.54, 1.807) is 24.3 Å². The molecule has 1 heterocycles. The van der Waals surface area contributed by atoms with Crippen LogP contribution in [-0.2, 0) is 16.3 Å². The molecule has 0 aliphatic rings. The van der Waals surface area contributed by atoms with Crippen molar-refractivity contribution in [1.82, 2.24) is 4.98 Å². The lowest BCUT2D eigenvalue weighted by atomic mass is 10.1. The minimum Gasteiger partial charge on any atom is -0.419 e. The molecule has 1 aromatic heterocycles. The number of nitrogens with one attached hydrogen (secondary N) is 1. The molecule has 0 aliphatic carbocycles.